The third-order valence-corrected chi connectivity index (χ3v) is 4.52. The summed E-state index contributed by atoms with van der Waals surface area (Å²) in [6.45, 7) is 0.113. The maximum atomic E-state index is 12.3. The first-order chi connectivity index (χ1) is 8.58. The van der Waals surface area contributed by atoms with E-state index in [-0.39, 0.29) is 15.7 Å². The van der Waals surface area contributed by atoms with Gasteiger partial charge in [-0.3, -0.25) is 0 Å². The van der Waals surface area contributed by atoms with Gasteiger partial charge in [-0.25, -0.2) is 8.42 Å². The van der Waals surface area contributed by atoms with Crippen LogP contribution in [0, 0.1) is 6.92 Å². The van der Waals surface area contributed by atoms with E-state index < -0.39 is 22.7 Å². The zero-order chi connectivity index (χ0) is 14.8. The minimum absolute atomic E-state index is 0.117. The van der Waals surface area contributed by atoms with Gasteiger partial charge >= 0.3 is 6.18 Å². The molecule has 1 aromatic rings. The molecule has 0 heterocycles. The van der Waals surface area contributed by atoms with E-state index in [0.717, 1.165) is 7.05 Å². The molecule has 0 amide bonds. The lowest BCUT2D eigenvalue weighted by Crippen LogP contribution is -2.36. The first-order valence-corrected chi connectivity index (χ1v) is 6.84. The van der Waals surface area contributed by atoms with Crippen molar-refractivity contribution in [3.63, 3.8) is 0 Å². The summed E-state index contributed by atoms with van der Waals surface area (Å²) in [6.07, 6.45) is -4.58. The Bertz CT molecular complexity index is 556. The van der Waals surface area contributed by atoms with Crippen molar-refractivity contribution in [1.82, 2.24) is 4.31 Å². The predicted octanol–water partition coefficient (Wildman–Crippen LogP) is 1.64. The van der Waals surface area contributed by atoms with Crippen LogP contribution in [0.15, 0.2) is 23.1 Å². The van der Waals surface area contributed by atoms with Crippen LogP contribution in [0.1, 0.15) is 11.1 Å². The van der Waals surface area contributed by atoms with Crippen LogP contribution in [0.3, 0.4) is 0 Å². The van der Waals surface area contributed by atoms with Crippen molar-refractivity contribution in [2.24, 2.45) is 5.73 Å². The normalized spacial score (nSPS) is 13.0. The molecule has 108 valence electrons. The molecule has 0 radical (unpaired) electrons. The Morgan fingerprint density at radius 1 is 1.32 bits per heavy atom. The number of nitrogens with two attached hydrogens (primary N) is 1. The van der Waals surface area contributed by atoms with Crippen LogP contribution >= 0.6 is 0 Å². The number of rotatable bonds is 4. The molecule has 0 aliphatic rings. The Kier molecular flexibility index (Phi) is 4.59. The van der Waals surface area contributed by atoms with Crippen molar-refractivity contribution >= 4 is 10.0 Å². The molecule has 0 saturated heterocycles. The van der Waals surface area contributed by atoms with Crippen LogP contribution in [0.4, 0.5) is 13.2 Å². The highest BCUT2D eigenvalue weighted by Gasteiger charge is 2.35. The van der Waals surface area contributed by atoms with Crippen molar-refractivity contribution in [2.75, 3.05) is 13.6 Å². The summed E-state index contributed by atoms with van der Waals surface area (Å²) in [5.74, 6) is 0. The Balaban J connectivity index is 3.20. The number of hydrogen-bond donors (Lipinski definition) is 1. The van der Waals surface area contributed by atoms with E-state index in [1.165, 1.54) is 19.1 Å². The second kappa shape index (κ2) is 5.48. The van der Waals surface area contributed by atoms with Crippen molar-refractivity contribution in [1.29, 1.82) is 0 Å². The molecule has 8 heteroatoms. The highest BCUT2D eigenvalue weighted by Crippen LogP contribution is 2.24. The molecule has 0 unspecified atom stereocenters. The fourth-order valence-electron chi connectivity index (χ4n) is 1.55. The molecule has 2 N–H and O–H groups in total. The minimum Gasteiger partial charge on any atom is -0.326 e. The summed E-state index contributed by atoms with van der Waals surface area (Å²) in [5, 5.41) is 0. The highest BCUT2D eigenvalue weighted by molar-refractivity contribution is 7.89. The molecule has 19 heavy (non-hydrogen) atoms. The van der Waals surface area contributed by atoms with Gasteiger partial charge in [0, 0.05) is 13.6 Å². The second-order valence-corrected chi connectivity index (χ2v) is 6.19. The van der Waals surface area contributed by atoms with Gasteiger partial charge in [0.1, 0.15) is 6.54 Å². The lowest BCUT2D eigenvalue weighted by atomic mass is 10.1. The van der Waals surface area contributed by atoms with Crippen molar-refractivity contribution < 1.29 is 21.6 Å². The Morgan fingerprint density at radius 2 is 1.89 bits per heavy atom. The molecule has 0 bridgehead atoms. The molecule has 0 atom stereocenters. The van der Waals surface area contributed by atoms with Gasteiger partial charge in [0.25, 0.3) is 0 Å². The molecular weight excluding hydrogens is 281 g/mol. The average molecular weight is 296 g/mol. The monoisotopic (exact) mass is 296 g/mol. The van der Waals surface area contributed by atoms with Crippen LogP contribution in [0.5, 0.6) is 0 Å². The first kappa shape index (κ1) is 15.9. The lowest BCUT2D eigenvalue weighted by molar-refractivity contribution is -0.134. The maximum absolute atomic E-state index is 12.3. The molecule has 0 aliphatic carbocycles. The maximum Gasteiger partial charge on any atom is 0.402 e. The van der Waals surface area contributed by atoms with Crippen molar-refractivity contribution in [2.45, 2.75) is 24.5 Å². The number of sulfonamides is 1. The zero-order valence-corrected chi connectivity index (χ0v) is 11.3. The van der Waals surface area contributed by atoms with Gasteiger partial charge in [-0.15, -0.1) is 0 Å². The smallest absolute Gasteiger partial charge is 0.326 e. The fraction of sp³-hybridized carbons (Fsp3) is 0.455. The number of benzene rings is 1. The molecule has 0 aromatic heterocycles. The largest absolute Gasteiger partial charge is 0.402 e. The molecule has 0 fully saturated rings. The third-order valence-electron chi connectivity index (χ3n) is 2.58. The lowest BCUT2D eigenvalue weighted by Gasteiger charge is -2.20. The predicted molar refractivity (Wildman–Crippen MR) is 64.9 cm³/mol. The van der Waals surface area contributed by atoms with E-state index in [1.54, 1.807) is 6.07 Å². The van der Waals surface area contributed by atoms with Gasteiger partial charge in [0.2, 0.25) is 10.0 Å². The van der Waals surface area contributed by atoms with E-state index in [9.17, 15) is 21.6 Å². The van der Waals surface area contributed by atoms with Crippen molar-refractivity contribution in [3.05, 3.63) is 29.3 Å². The van der Waals surface area contributed by atoms with Gasteiger partial charge < -0.3 is 5.73 Å². The SMILES string of the molecule is Cc1ccc(CN)cc1S(=O)(=O)N(C)CC(F)(F)F. The van der Waals surface area contributed by atoms with Crippen LogP contribution in [-0.2, 0) is 16.6 Å². The van der Waals surface area contributed by atoms with E-state index in [0.29, 0.717) is 11.1 Å². The van der Waals surface area contributed by atoms with Gasteiger partial charge in [0.15, 0.2) is 0 Å². The molecular formula is C11H15F3N2O2S. The zero-order valence-electron chi connectivity index (χ0n) is 10.5. The van der Waals surface area contributed by atoms with E-state index in [4.69, 9.17) is 5.73 Å². The van der Waals surface area contributed by atoms with Crippen LogP contribution in [0.2, 0.25) is 0 Å². The summed E-state index contributed by atoms with van der Waals surface area (Å²) in [6, 6.07) is 4.46. The van der Waals surface area contributed by atoms with Crippen LogP contribution < -0.4 is 5.73 Å². The van der Waals surface area contributed by atoms with Gasteiger partial charge in [-0.2, -0.15) is 17.5 Å². The standard InChI is InChI=1S/C11H15F3N2O2S/c1-8-3-4-9(6-15)5-10(8)19(17,18)16(2)7-11(12,13)14/h3-5H,6-7,15H2,1-2H3. The van der Waals surface area contributed by atoms with Gasteiger partial charge in [-0.1, -0.05) is 12.1 Å². The second-order valence-electron chi connectivity index (χ2n) is 4.18. The quantitative estimate of drug-likeness (QED) is 0.918. The Hall–Kier alpha value is -1.12. The minimum atomic E-state index is -4.58. The number of alkyl halides is 3. The summed E-state index contributed by atoms with van der Waals surface area (Å²) >= 11 is 0. The van der Waals surface area contributed by atoms with Gasteiger partial charge in [-0.05, 0) is 24.1 Å². The number of halogens is 3. The molecule has 1 rings (SSSR count). The highest BCUT2D eigenvalue weighted by atomic mass is 32.2. The summed E-state index contributed by atoms with van der Waals surface area (Å²) in [4.78, 5) is -0.151. The topological polar surface area (TPSA) is 63.4 Å². The Morgan fingerprint density at radius 3 is 2.37 bits per heavy atom. The molecule has 4 nitrogen and oxygen atoms in total. The summed E-state index contributed by atoms with van der Waals surface area (Å²) in [7, 11) is -3.28. The van der Waals surface area contributed by atoms with Crippen LogP contribution in [0.25, 0.3) is 0 Å². The number of hydrogen-bond acceptors (Lipinski definition) is 3. The van der Waals surface area contributed by atoms with E-state index >= 15 is 0 Å². The first-order valence-electron chi connectivity index (χ1n) is 5.40. The van der Waals surface area contributed by atoms with E-state index in [2.05, 4.69) is 0 Å². The Labute approximate surface area is 110 Å². The van der Waals surface area contributed by atoms with E-state index in [1.807, 2.05) is 0 Å². The summed E-state index contributed by atoms with van der Waals surface area (Å²) < 4.78 is 61.3. The third kappa shape index (κ3) is 3.92. The molecule has 0 aliphatic heterocycles. The number of aryl methyl sites for hydroxylation is 1. The molecule has 0 spiro atoms. The van der Waals surface area contributed by atoms with Crippen molar-refractivity contribution in [3.8, 4) is 0 Å². The summed E-state index contributed by atoms with van der Waals surface area (Å²) in [5.41, 5.74) is 6.33. The van der Waals surface area contributed by atoms with Crippen LogP contribution in [-0.4, -0.2) is 32.5 Å². The van der Waals surface area contributed by atoms with Gasteiger partial charge in [0.05, 0.1) is 4.90 Å². The number of nitrogens with zero attached hydrogens (tertiary/aromatic N) is 1. The average Bonchev–Trinajstić information content (AvgIpc) is 2.27. The molecule has 1 aromatic carbocycles. The molecule has 0 saturated carbocycles. The fourth-order valence-corrected chi connectivity index (χ4v) is 2.98.